The van der Waals surface area contributed by atoms with E-state index in [-0.39, 0.29) is 5.91 Å². The summed E-state index contributed by atoms with van der Waals surface area (Å²) in [6, 6.07) is 17.9. The fraction of sp³-hybridized carbons (Fsp3) is 0.318. The highest BCUT2D eigenvalue weighted by Crippen LogP contribution is 2.42. The van der Waals surface area contributed by atoms with Crippen molar-refractivity contribution in [2.24, 2.45) is 0 Å². The van der Waals surface area contributed by atoms with Gasteiger partial charge in [-0.05, 0) is 30.5 Å². The van der Waals surface area contributed by atoms with Gasteiger partial charge in [-0.2, -0.15) is 4.98 Å². The summed E-state index contributed by atoms with van der Waals surface area (Å²) in [7, 11) is 1.81. The summed E-state index contributed by atoms with van der Waals surface area (Å²) >= 11 is 3.45. The zero-order valence-electron chi connectivity index (χ0n) is 15.8. The summed E-state index contributed by atoms with van der Waals surface area (Å²) in [5, 5.41) is 4.07. The number of carbonyl (C=O) groups excluding carboxylic acids is 1. The number of amides is 1. The molecule has 1 aliphatic carbocycles. The van der Waals surface area contributed by atoms with Crippen molar-refractivity contribution in [3.8, 4) is 11.4 Å². The molecule has 28 heavy (non-hydrogen) atoms. The molecular formula is C22H22BrN3O2. The summed E-state index contributed by atoms with van der Waals surface area (Å²) in [6.07, 6.45) is 3.91. The lowest BCUT2D eigenvalue weighted by molar-refractivity contribution is -0.136. The van der Waals surface area contributed by atoms with Crippen molar-refractivity contribution < 1.29 is 9.32 Å². The van der Waals surface area contributed by atoms with Crippen LogP contribution >= 0.6 is 15.9 Å². The maximum atomic E-state index is 13.4. The maximum Gasteiger partial charge on any atom is 0.246 e. The molecule has 0 unspecified atom stereocenters. The minimum absolute atomic E-state index is 0.124. The molecule has 2 aromatic carbocycles. The van der Waals surface area contributed by atoms with Crippen LogP contribution in [-0.2, 0) is 16.8 Å². The second kappa shape index (κ2) is 7.87. The van der Waals surface area contributed by atoms with Gasteiger partial charge in [-0.1, -0.05) is 76.4 Å². The summed E-state index contributed by atoms with van der Waals surface area (Å²) in [5.41, 5.74) is 1.53. The number of hydrogen-bond donors (Lipinski definition) is 0. The number of carbonyl (C=O) groups is 1. The first-order valence-corrected chi connectivity index (χ1v) is 10.3. The Morgan fingerprint density at radius 1 is 1.14 bits per heavy atom. The number of nitrogens with zero attached hydrogens (tertiary/aromatic N) is 3. The van der Waals surface area contributed by atoms with Crippen LogP contribution in [0.2, 0.25) is 0 Å². The average molecular weight is 440 g/mol. The van der Waals surface area contributed by atoms with E-state index in [4.69, 9.17) is 4.52 Å². The molecule has 1 aliphatic rings. The zero-order chi connectivity index (χ0) is 19.6. The van der Waals surface area contributed by atoms with E-state index in [9.17, 15) is 4.79 Å². The number of hydrogen-bond acceptors (Lipinski definition) is 4. The van der Waals surface area contributed by atoms with Crippen molar-refractivity contribution >= 4 is 21.8 Å². The normalized spacial score (nSPS) is 15.5. The Morgan fingerprint density at radius 3 is 2.61 bits per heavy atom. The molecule has 1 amide bonds. The van der Waals surface area contributed by atoms with Gasteiger partial charge in [0.1, 0.15) is 0 Å². The largest absolute Gasteiger partial charge is 0.337 e. The molecule has 1 fully saturated rings. The molecular weight excluding hydrogens is 418 g/mol. The fourth-order valence-corrected chi connectivity index (χ4v) is 4.46. The highest BCUT2D eigenvalue weighted by molar-refractivity contribution is 9.10. The number of rotatable bonds is 5. The Bertz CT molecular complexity index is 965. The second-order valence-corrected chi connectivity index (χ2v) is 8.25. The van der Waals surface area contributed by atoms with Gasteiger partial charge in [0.15, 0.2) is 0 Å². The lowest BCUT2D eigenvalue weighted by atomic mass is 9.77. The van der Waals surface area contributed by atoms with E-state index in [1.807, 2.05) is 49.5 Å². The smallest absolute Gasteiger partial charge is 0.246 e. The standard InChI is InChI=1S/C22H22BrN3O2/c1-26(15-19-24-20(25-28-19)16-8-7-11-18(23)14-16)21(27)22(12-5-6-13-22)17-9-3-2-4-10-17/h2-4,7-11,14H,5-6,12-13,15H2,1H3. The monoisotopic (exact) mass is 439 g/mol. The molecule has 144 valence electrons. The Morgan fingerprint density at radius 2 is 1.89 bits per heavy atom. The minimum atomic E-state index is -0.441. The SMILES string of the molecule is CN(Cc1nc(-c2cccc(Br)c2)no1)C(=O)C1(c2ccccc2)CCCC1. The molecule has 0 saturated heterocycles. The molecule has 5 nitrogen and oxygen atoms in total. The summed E-state index contributed by atoms with van der Waals surface area (Å²) in [6.45, 7) is 0.300. The van der Waals surface area contributed by atoms with Crippen molar-refractivity contribution in [3.63, 3.8) is 0 Å². The van der Waals surface area contributed by atoms with Gasteiger partial charge in [-0.25, -0.2) is 0 Å². The van der Waals surface area contributed by atoms with E-state index in [1.54, 1.807) is 4.90 Å². The van der Waals surface area contributed by atoms with Crippen LogP contribution in [0.3, 0.4) is 0 Å². The Balaban J connectivity index is 1.53. The van der Waals surface area contributed by atoms with E-state index in [0.29, 0.717) is 18.3 Å². The number of benzene rings is 2. The molecule has 0 radical (unpaired) electrons. The summed E-state index contributed by atoms with van der Waals surface area (Å²) < 4.78 is 6.36. The first-order chi connectivity index (χ1) is 13.6. The first kappa shape index (κ1) is 18.9. The topological polar surface area (TPSA) is 59.2 Å². The van der Waals surface area contributed by atoms with Gasteiger partial charge in [-0.3, -0.25) is 4.79 Å². The predicted octanol–water partition coefficient (Wildman–Crippen LogP) is 4.97. The first-order valence-electron chi connectivity index (χ1n) is 9.48. The van der Waals surface area contributed by atoms with Gasteiger partial charge in [0.05, 0.1) is 12.0 Å². The van der Waals surface area contributed by atoms with Crippen molar-refractivity contribution in [2.75, 3.05) is 7.05 Å². The lowest BCUT2D eigenvalue weighted by Crippen LogP contribution is -2.43. The van der Waals surface area contributed by atoms with Gasteiger partial charge in [0, 0.05) is 17.1 Å². The van der Waals surface area contributed by atoms with Crippen LogP contribution in [0.1, 0.15) is 37.1 Å². The number of likely N-dealkylation sites (N-methyl/N-ethyl adjacent to an activating group) is 1. The summed E-state index contributed by atoms with van der Waals surface area (Å²) in [4.78, 5) is 19.6. The third kappa shape index (κ3) is 3.61. The van der Waals surface area contributed by atoms with E-state index >= 15 is 0 Å². The molecule has 3 aromatic rings. The average Bonchev–Trinajstić information content (AvgIpc) is 3.39. The van der Waals surface area contributed by atoms with Gasteiger partial charge in [-0.15, -0.1) is 0 Å². The highest BCUT2D eigenvalue weighted by atomic mass is 79.9. The van der Waals surface area contributed by atoms with E-state index in [1.165, 1.54) is 0 Å². The van der Waals surface area contributed by atoms with E-state index < -0.39 is 5.41 Å². The molecule has 6 heteroatoms. The minimum Gasteiger partial charge on any atom is -0.337 e. The van der Waals surface area contributed by atoms with Crippen LogP contribution < -0.4 is 0 Å². The van der Waals surface area contributed by atoms with E-state index in [2.05, 4.69) is 38.2 Å². The van der Waals surface area contributed by atoms with Crippen molar-refractivity contribution in [1.82, 2.24) is 15.0 Å². The van der Waals surface area contributed by atoms with Crippen LogP contribution in [0.15, 0.2) is 63.6 Å². The zero-order valence-corrected chi connectivity index (χ0v) is 17.4. The molecule has 0 bridgehead atoms. The molecule has 1 aromatic heterocycles. The molecule has 0 N–H and O–H groups in total. The second-order valence-electron chi connectivity index (χ2n) is 7.34. The van der Waals surface area contributed by atoms with Crippen LogP contribution in [0.5, 0.6) is 0 Å². The molecule has 4 rings (SSSR count). The summed E-state index contributed by atoms with van der Waals surface area (Å²) in [5.74, 6) is 1.08. The quantitative estimate of drug-likeness (QED) is 0.562. The highest BCUT2D eigenvalue weighted by Gasteiger charge is 2.44. The third-order valence-electron chi connectivity index (χ3n) is 5.46. The van der Waals surface area contributed by atoms with E-state index in [0.717, 1.165) is 41.3 Å². The predicted molar refractivity (Wildman–Crippen MR) is 110 cm³/mol. The van der Waals surface area contributed by atoms with Gasteiger partial charge in [0.25, 0.3) is 0 Å². The van der Waals surface area contributed by atoms with Crippen LogP contribution in [0, 0.1) is 0 Å². The molecule has 1 heterocycles. The maximum absolute atomic E-state index is 13.4. The Kier molecular flexibility index (Phi) is 5.31. The third-order valence-corrected chi connectivity index (χ3v) is 5.96. The van der Waals surface area contributed by atoms with Crippen molar-refractivity contribution in [2.45, 2.75) is 37.6 Å². The van der Waals surface area contributed by atoms with Crippen LogP contribution in [-0.4, -0.2) is 28.0 Å². The van der Waals surface area contributed by atoms with Crippen molar-refractivity contribution in [3.05, 3.63) is 70.5 Å². The van der Waals surface area contributed by atoms with Crippen LogP contribution in [0.25, 0.3) is 11.4 Å². The Hall–Kier alpha value is -2.47. The number of aromatic nitrogens is 2. The van der Waals surface area contributed by atoms with Crippen LogP contribution in [0.4, 0.5) is 0 Å². The van der Waals surface area contributed by atoms with Gasteiger partial charge >= 0.3 is 0 Å². The van der Waals surface area contributed by atoms with Crippen molar-refractivity contribution in [1.29, 1.82) is 0 Å². The lowest BCUT2D eigenvalue weighted by Gasteiger charge is -2.32. The molecule has 1 saturated carbocycles. The fourth-order valence-electron chi connectivity index (χ4n) is 4.07. The van der Waals surface area contributed by atoms with Gasteiger partial charge < -0.3 is 9.42 Å². The Labute approximate surface area is 172 Å². The molecule has 0 aliphatic heterocycles. The van der Waals surface area contributed by atoms with Gasteiger partial charge in [0.2, 0.25) is 17.6 Å². The molecule has 0 spiro atoms. The number of halogens is 1. The molecule has 0 atom stereocenters.